The Kier molecular flexibility index (Phi) is 6.13. The van der Waals surface area contributed by atoms with Gasteiger partial charge in [-0.15, -0.1) is 11.3 Å². The van der Waals surface area contributed by atoms with Crippen molar-refractivity contribution in [3.63, 3.8) is 0 Å². The summed E-state index contributed by atoms with van der Waals surface area (Å²) in [5.74, 6) is -0.242. The maximum absolute atomic E-state index is 13.3. The predicted octanol–water partition coefficient (Wildman–Crippen LogP) is 3.65. The zero-order chi connectivity index (χ0) is 18.4. The van der Waals surface area contributed by atoms with Gasteiger partial charge in [0.15, 0.2) is 0 Å². The molecule has 0 unspecified atom stereocenters. The van der Waals surface area contributed by atoms with Gasteiger partial charge in [-0.2, -0.15) is 0 Å². The molecule has 3 rings (SSSR count). The van der Waals surface area contributed by atoms with E-state index in [4.69, 9.17) is 0 Å². The lowest BCUT2D eigenvalue weighted by atomic mass is 10.2. The average Bonchev–Trinajstić information content (AvgIpc) is 3.10. The summed E-state index contributed by atoms with van der Waals surface area (Å²) < 4.78 is 40.1. The normalized spacial score (nSPS) is 11.6. The van der Waals surface area contributed by atoms with E-state index in [0.717, 1.165) is 21.8 Å². The van der Waals surface area contributed by atoms with E-state index in [1.807, 2.05) is 35.7 Å². The molecule has 1 heterocycles. The number of nitrogens with zero attached hydrogens (tertiary/aromatic N) is 1. The highest BCUT2D eigenvalue weighted by atomic mass is 32.2. The molecule has 0 radical (unpaired) electrons. The number of halogens is 1. The van der Waals surface area contributed by atoms with E-state index in [0.29, 0.717) is 19.4 Å². The molecule has 0 spiro atoms. The molecule has 3 aromatic rings. The van der Waals surface area contributed by atoms with Crippen LogP contribution in [0.15, 0.2) is 60.0 Å². The van der Waals surface area contributed by atoms with Gasteiger partial charge in [0.05, 0.1) is 11.4 Å². The molecule has 0 amide bonds. The molecule has 2 aromatic carbocycles. The van der Waals surface area contributed by atoms with Crippen molar-refractivity contribution >= 4 is 21.4 Å². The van der Waals surface area contributed by atoms with Crippen LogP contribution in [0.2, 0.25) is 0 Å². The Morgan fingerprint density at radius 1 is 1.04 bits per heavy atom. The van der Waals surface area contributed by atoms with Crippen molar-refractivity contribution < 1.29 is 12.8 Å². The molecule has 0 bridgehead atoms. The number of nitrogens with one attached hydrogen (secondary N) is 1. The van der Waals surface area contributed by atoms with Gasteiger partial charge >= 0.3 is 0 Å². The van der Waals surface area contributed by atoms with Gasteiger partial charge in [-0.1, -0.05) is 42.5 Å². The summed E-state index contributed by atoms with van der Waals surface area (Å²) in [6.45, 7) is 0.295. The molecule has 136 valence electrons. The number of thiazole rings is 1. The van der Waals surface area contributed by atoms with Crippen molar-refractivity contribution in [3.8, 4) is 10.6 Å². The largest absolute Gasteiger partial charge is 0.241 e. The second-order valence-corrected chi connectivity index (χ2v) is 8.64. The zero-order valence-electron chi connectivity index (χ0n) is 14.1. The molecule has 0 aliphatic carbocycles. The fraction of sp³-hybridized carbons (Fsp3) is 0.211. The first-order valence-electron chi connectivity index (χ1n) is 8.23. The van der Waals surface area contributed by atoms with Crippen molar-refractivity contribution in [3.05, 3.63) is 77.1 Å². The molecule has 26 heavy (non-hydrogen) atoms. The summed E-state index contributed by atoms with van der Waals surface area (Å²) in [6, 6.07) is 15.8. The van der Waals surface area contributed by atoms with Crippen molar-refractivity contribution in [2.24, 2.45) is 0 Å². The third-order valence-corrected chi connectivity index (χ3v) is 6.15. The number of hydrogen-bond acceptors (Lipinski definition) is 4. The Morgan fingerprint density at radius 2 is 1.85 bits per heavy atom. The van der Waals surface area contributed by atoms with Crippen LogP contribution in [0.1, 0.15) is 11.3 Å². The lowest BCUT2D eigenvalue weighted by Gasteiger charge is -2.06. The molecule has 0 aliphatic heterocycles. The summed E-state index contributed by atoms with van der Waals surface area (Å²) in [7, 11) is -3.32. The van der Waals surface area contributed by atoms with E-state index in [9.17, 15) is 12.8 Å². The monoisotopic (exact) mass is 390 g/mol. The fourth-order valence-corrected chi connectivity index (χ4v) is 4.39. The lowest BCUT2D eigenvalue weighted by Crippen LogP contribution is -2.29. The highest BCUT2D eigenvalue weighted by molar-refractivity contribution is 7.89. The van der Waals surface area contributed by atoms with Crippen LogP contribution in [-0.2, 0) is 22.9 Å². The van der Waals surface area contributed by atoms with Crippen LogP contribution in [0.5, 0.6) is 0 Å². The Labute approximate surface area is 156 Å². The highest BCUT2D eigenvalue weighted by Crippen LogP contribution is 2.24. The first-order chi connectivity index (χ1) is 12.5. The van der Waals surface area contributed by atoms with Gasteiger partial charge < -0.3 is 0 Å². The first-order valence-corrected chi connectivity index (χ1v) is 10.8. The summed E-state index contributed by atoms with van der Waals surface area (Å²) in [6.07, 6.45) is 0.979. The number of aryl methyl sites for hydroxylation is 1. The Balaban J connectivity index is 1.50. The second kappa shape index (κ2) is 8.53. The number of rotatable bonds is 8. The predicted molar refractivity (Wildman–Crippen MR) is 103 cm³/mol. The maximum atomic E-state index is 13.3. The lowest BCUT2D eigenvalue weighted by molar-refractivity contribution is 0.580. The van der Waals surface area contributed by atoms with Gasteiger partial charge in [0.1, 0.15) is 10.8 Å². The van der Waals surface area contributed by atoms with Gasteiger partial charge in [0, 0.05) is 23.9 Å². The number of hydrogen-bond donors (Lipinski definition) is 1. The van der Waals surface area contributed by atoms with Crippen molar-refractivity contribution in [1.29, 1.82) is 0 Å². The average molecular weight is 391 g/mol. The first kappa shape index (κ1) is 18.7. The molecule has 1 N–H and O–H groups in total. The molecule has 7 heteroatoms. The molecule has 0 aliphatic rings. The van der Waals surface area contributed by atoms with Crippen LogP contribution in [-0.4, -0.2) is 25.7 Å². The standard InChI is InChI=1S/C19H19FN2O2S2/c20-17-8-4-7-16(13-17)19-22-18(14-25-19)9-11-21-26(23,24)12-10-15-5-2-1-3-6-15/h1-8,13-14,21H,9-12H2. The minimum Gasteiger partial charge on any atom is -0.241 e. The quantitative estimate of drug-likeness (QED) is 0.639. The summed E-state index contributed by atoms with van der Waals surface area (Å²) >= 11 is 1.42. The van der Waals surface area contributed by atoms with Crippen LogP contribution in [0.25, 0.3) is 10.6 Å². The molecular weight excluding hydrogens is 371 g/mol. The number of benzene rings is 2. The van der Waals surface area contributed by atoms with Crippen molar-refractivity contribution in [2.75, 3.05) is 12.3 Å². The van der Waals surface area contributed by atoms with Crippen LogP contribution < -0.4 is 4.72 Å². The van der Waals surface area contributed by atoms with Crippen molar-refractivity contribution in [1.82, 2.24) is 9.71 Å². The molecule has 0 fully saturated rings. The van der Waals surface area contributed by atoms with Gasteiger partial charge in [0.2, 0.25) is 10.0 Å². The van der Waals surface area contributed by atoms with Crippen LogP contribution in [0, 0.1) is 5.82 Å². The molecule has 1 aromatic heterocycles. The summed E-state index contributed by atoms with van der Waals surface area (Å²) in [5.41, 5.74) is 2.52. The Hall–Kier alpha value is -2.09. The number of sulfonamides is 1. The Morgan fingerprint density at radius 3 is 2.62 bits per heavy atom. The molecule has 0 saturated carbocycles. The van der Waals surface area contributed by atoms with Gasteiger partial charge in [-0.3, -0.25) is 0 Å². The SMILES string of the molecule is O=S(=O)(CCc1ccccc1)NCCc1csc(-c2cccc(F)c2)n1. The van der Waals surface area contributed by atoms with Crippen LogP contribution in [0.3, 0.4) is 0 Å². The molecule has 0 atom stereocenters. The third kappa shape index (κ3) is 5.45. The van der Waals surface area contributed by atoms with E-state index in [-0.39, 0.29) is 11.6 Å². The number of aromatic nitrogens is 1. The maximum Gasteiger partial charge on any atom is 0.211 e. The van der Waals surface area contributed by atoms with Gasteiger partial charge in [-0.25, -0.2) is 22.5 Å². The molecular formula is C19H19FN2O2S2. The minimum atomic E-state index is -3.32. The van der Waals surface area contributed by atoms with Gasteiger partial charge in [0.25, 0.3) is 0 Å². The van der Waals surface area contributed by atoms with E-state index < -0.39 is 10.0 Å². The van der Waals surface area contributed by atoms with Crippen LogP contribution in [0.4, 0.5) is 4.39 Å². The summed E-state index contributed by atoms with van der Waals surface area (Å²) in [4.78, 5) is 4.45. The Bertz CT molecular complexity index is 956. The zero-order valence-corrected chi connectivity index (χ0v) is 15.7. The van der Waals surface area contributed by atoms with E-state index in [2.05, 4.69) is 9.71 Å². The highest BCUT2D eigenvalue weighted by Gasteiger charge is 2.11. The third-order valence-electron chi connectivity index (χ3n) is 3.83. The second-order valence-electron chi connectivity index (χ2n) is 5.85. The smallest absolute Gasteiger partial charge is 0.211 e. The summed E-state index contributed by atoms with van der Waals surface area (Å²) in [5, 5.41) is 2.60. The molecule has 0 saturated heterocycles. The van der Waals surface area contributed by atoms with E-state index in [1.54, 1.807) is 12.1 Å². The van der Waals surface area contributed by atoms with Crippen LogP contribution >= 0.6 is 11.3 Å². The van der Waals surface area contributed by atoms with E-state index >= 15 is 0 Å². The minimum absolute atomic E-state index is 0.0582. The molecule has 4 nitrogen and oxygen atoms in total. The fourth-order valence-electron chi connectivity index (χ4n) is 2.48. The topological polar surface area (TPSA) is 59.1 Å². The van der Waals surface area contributed by atoms with Crippen molar-refractivity contribution in [2.45, 2.75) is 12.8 Å². The van der Waals surface area contributed by atoms with Gasteiger partial charge in [-0.05, 0) is 24.1 Å². The van der Waals surface area contributed by atoms with E-state index in [1.165, 1.54) is 23.5 Å².